The van der Waals surface area contributed by atoms with E-state index in [0.717, 1.165) is 33.2 Å². The Bertz CT molecular complexity index is 1430. The number of benzene rings is 2. The summed E-state index contributed by atoms with van der Waals surface area (Å²) in [7, 11) is 0. The fraction of sp³-hybridized carbons (Fsp3) is 0.0833. The van der Waals surface area contributed by atoms with Crippen LogP contribution < -0.4 is 11.1 Å². The van der Waals surface area contributed by atoms with Crippen molar-refractivity contribution in [3.63, 3.8) is 0 Å². The van der Waals surface area contributed by atoms with E-state index >= 15 is 0 Å². The van der Waals surface area contributed by atoms with Crippen molar-refractivity contribution in [3.8, 4) is 11.1 Å². The van der Waals surface area contributed by atoms with E-state index in [1.54, 1.807) is 17.1 Å². The van der Waals surface area contributed by atoms with Gasteiger partial charge in [-0.2, -0.15) is 10.2 Å². The quantitative estimate of drug-likeness (QED) is 0.370. The van der Waals surface area contributed by atoms with Crippen LogP contribution in [0.5, 0.6) is 0 Å². The van der Waals surface area contributed by atoms with Gasteiger partial charge >= 0.3 is 0 Å². The zero-order valence-electron chi connectivity index (χ0n) is 17.4. The van der Waals surface area contributed by atoms with Crippen LogP contribution in [0.4, 0.5) is 11.4 Å². The van der Waals surface area contributed by atoms with Gasteiger partial charge in [0, 0.05) is 35.2 Å². The van der Waals surface area contributed by atoms with Crippen molar-refractivity contribution in [1.82, 2.24) is 25.0 Å². The summed E-state index contributed by atoms with van der Waals surface area (Å²) in [5, 5.41) is 15.1. The van der Waals surface area contributed by atoms with Crippen molar-refractivity contribution in [3.05, 3.63) is 90.1 Å². The van der Waals surface area contributed by atoms with E-state index in [1.165, 1.54) is 0 Å². The first-order valence-electron chi connectivity index (χ1n) is 10.1. The lowest BCUT2D eigenvalue weighted by atomic mass is 10.0. The average molecular weight is 423 g/mol. The topological polar surface area (TPSA) is 115 Å². The maximum atomic E-state index is 12.8. The van der Waals surface area contributed by atoms with Crippen LogP contribution in [-0.4, -0.2) is 30.9 Å². The second-order valence-corrected chi connectivity index (χ2v) is 7.71. The Balaban J connectivity index is 1.33. The largest absolute Gasteiger partial charge is 0.399 e. The third-order valence-electron chi connectivity index (χ3n) is 5.17. The van der Waals surface area contributed by atoms with Gasteiger partial charge in [0.2, 0.25) is 0 Å². The van der Waals surface area contributed by atoms with Gasteiger partial charge in [0.15, 0.2) is 5.69 Å². The molecule has 0 radical (unpaired) electrons. The lowest BCUT2D eigenvalue weighted by Crippen LogP contribution is -2.12. The highest BCUT2D eigenvalue weighted by molar-refractivity contribution is 6.11. The van der Waals surface area contributed by atoms with E-state index in [4.69, 9.17) is 5.73 Å². The summed E-state index contributed by atoms with van der Waals surface area (Å²) in [6, 6.07) is 15.5. The van der Waals surface area contributed by atoms with Gasteiger partial charge in [-0.3, -0.25) is 19.6 Å². The smallest absolute Gasteiger partial charge is 0.276 e. The molecule has 4 N–H and O–H groups in total. The minimum Gasteiger partial charge on any atom is -0.399 e. The molecule has 8 nitrogen and oxygen atoms in total. The van der Waals surface area contributed by atoms with E-state index in [0.29, 0.717) is 23.6 Å². The highest BCUT2D eigenvalue weighted by Crippen LogP contribution is 2.25. The number of aromatic amines is 1. The minimum atomic E-state index is -0.301. The number of carbonyl (C=O) groups is 1. The fourth-order valence-electron chi connectivity index (χ4n) is 3.67. The molecule has 0 aliphatic carbocycles. The molecule has 3 heterocycles. The summed E-state index contributed by atoms with van der Waals surface area (Å²) in [6.45, 7) is 2.56. The maximum Gasteiger partial charge on any atom is 0.276 e. The van der Waals surface area contributed by atoms with Crippen LogP contribution in [0.2, 0.25) is 0 Å². The van der Waals surface area contributed by atoms with E-state index < -0.39 is 0 Å². The van der Waals surface area contributed by atoms with Crippen molar-refractivity contribution in [2.75, 3.05) is 11.1 Å². The molecule has 0 unspecified atom stereocenters. The third-order valence-corrected chi connectivity index (χ3v) is 5.17. The second-order valence-electron chi connectivity index (χ2n) is 7.71. The van der Waals surface area contributed by atoms with Crippen LogP contribution in [0.15, 0.2) is 73.3 Å². The number of hydrogen-bond acceptors (Lipinski definition) is 5. The second kappa shape index (κ2) is 7.99. The Hall–Kier alpha value is -4.46. The van der Waals surface area contributed by atoms with Crippen LogP contribution in [0.25, 0.3) is 22.0 Å². The Labute approximate surface area is 184 Å². The van der Waals surface area contributed by atoms with Gasteiger partial charge < -0.3 is 11.1 Å². The standard InChI is InChI=1S/C24H21N7O/c1-15-7-18(11-26-10-15)17-5-6-21-22(9-17)29-30-23(21)24(32)28-20-12-27-31(14-20)13-16-3-2-4-19(25)8-16/h2-12,14H,13,25H2,1H3,(H,28,32)(H,29,30). The molecular weight excluding hydrogens is 402 g/mol. The van der Waals surface area contributed by atoms with Gasteiger partial charge in [-0.1, -0.05) is 18.2 Å². The maximum absolute atomic E-state index is 12.8. The number of carbonyl (C=O) groups excluding carboxylic acids is 1. The molecule has 8 heteroatoms. The van der Waals surface area contributed by atoms with Crippen LogP contribution in [-0.2, 0) is 6.54 Å². The zero-order chi connectivity index (χ0) is 22.1. The lowest BCUT2D eigenvalue weighted by Gasteiger charge is -2.04. The molecule has 0 bridgehead atoms. The number of aromatic nitrogens is 5. The number of nitrogens with one attached hydrogen (secondary N) is 2. The van der Waals surface area contributed by atoms with Crippen LogP contribution >= 0.6 is 0 Å². The molecule has 0 atom stereocenters. The predicted octanol–water partition coefficient (Wildman–Crippen LogP) is 4.01. The molecule has 158 valence electrons. The summed E-state index contributed by atoms with van der Waals surface area (Å²) in [6.07, 6.45) is 7.03. The van der Waals surface area contributed by atoms with Crippen molar-refractivity contribution in [1.29, 1.82) is 0 Å². The summed E-state index contributed by atoms with van der Waals surface area (Å²) in [4.78, 5) is 17.1. The fourth-order valence-corrected chi connectivity index (χ4v) is 3.67. The minimum absolute atomic E-state index is 0.301. The Morgan fingerprint density at radius 1 is 1.09 bits per heavy atom. The Morgan fingerprint density at radius 3 is 2.84 bits per heavy atom. The van der Waals surface area contributed by atoms with Gasteiger partial charge in [-0.25, -0.2) is 0 Å². The average Bonchev–Trinajstić information content (AvgIpc) is 3.40. The van der Waals surface area contributed by atoms with Crippen LogP contribution in [0.1, 0.15) is 21.6 Å². The summed E-state index contributed by atoms with van der Waals surface area (Å²) < 4.78 is 1.75. The molecule has 0 aliphatic rings. The number of fused-ring (bicyclic) bond motifs is 1. The normalized spacial score (nSPS) is 11.0. The van der Waals surface area contributed by atoms with Crippen molar-refractivity contribution in [2.45, 2.75) is 13.5 Å². The van der Waals surface area contributed by atoms with E-state index in [-0.39, 0.29) is 5.91 Å². The molecule has 5 aromatic rings. The molecular formula is C24H21N7O. The highest BCUT2D eigenvalue weighted by atomic mass is 16.2. The number of pyridine rings is 1. The molecule has 5 rings (SSSR count). The number of hydrogen-bond donors (Lipinski definition) is 3. The molecule has 0 aliphatic heterocycles. The van der Waals surface area contributed by atoms with Crippen molar-refractivity contribution < 1.29 is 4.79 Å². The zero-order valence-corrected chi connectivity index (χ0v) is 17.4. The molecule has 0 spiro atoms. The highest BCUT2D eigenvalue weighted by Gasteiger charge is 2.16. The number of aryl methyl sites for hydroxylation is 1. The molecule has 1 amide bonds. The van der Waals surface area contributed by atoms with Gasteiger partial charge in [-0.15, -0.1) is 0 Å². The first-order valence-corrected chi connectivity index (χ1v) is 10.1. The Morgan fingerprint density at radius 2 is 2.00 bits per heavy atom. The van der Waals surface area contributed by atoms with E-state index in [2.05, 4.69) is 31.7 Å². The predicted molar refractivity (Wildman–Crippen MR) is 124 cm³/mol. The van der Waals surface area contributed by atoms with Crippen LogP contribution in [0.3, 0.4) is 0 Å². The monoisotopic (exact) mass is 423 g/mol. The summed E-state index contributed by atoms with van der Waals surface area (Å²) in [5.41, 5.74) is 12.4. The van der Waals surface area contributed by atoms with Crippen molar-refractivity contribution in [2.24, 2.45) is 0 Å². The number of nitrogens with zero attached hydrogens (tertiary/aromatic N) is 4. The summed E-state index contributed by atoms with van der Waals surface area (Å²) >= 11 is 0. The SMILES string of the molecule is Cc1cncc(-c2ccc3c(C(=O)Nc4cnn(Cc5cccc(N)c5)c4)n[nH]c3c2)c1. The molecule has 3 aromatic heterocycles. The molecule has 0 saturated heterocycles. The Kier molecular flexibility index (Phi) is 4.87. The van der Waals surface area contributed by atoms with Crippen LogP contribution in [0, 0.1) is 6.92 Å². The molecule has 2 aromatic carbocycles. The number of anilines is 2. The number of amides is 1. The van der Waals surface area contributed by atoms with Gasteiger partial charge in [-0.05, 0) is 53.9 Å². The van der Waals surface area contributed by atoms with E-state index in [9.17, 15) is 4.79 Å². The third kappa shape index (κ3) is 3.93. The van der Waals surface area contributed by atoms with Gasteiger partial charge in [0.25, 0.3) is 5.91 Å². The first-order chi connectivity index (χ1) is 15.5. The number of nitrogens with two attached hydrogens (primary N) is 1. The molecule has 0 saturated carbocycles. The molecule has 0 fully saturated rings. The lowest BCUT2D eigenvalue weighted by molar-refractivity contribution is 0.102. The first kappa shape index (κ1) is 19.5. The summed E-state index contributed by atoms with van der Waals surface area (Å²) in [5.74, 6) is -0.301. The number of H-pyrrole nitrogens is 1. The number of rotatable bonds is 5. The van der Waals surface area contributed by atoms with Gasteiger partial charge in [0.05, 0.1) is 23.9 Å². The molecule has 32 heavy (non-hydrogen) atoms. The van der Waals surface area contributed by atoms with Crippen molar-refractivity contribution >= 4 is 28.2 Å². The van der Waals surface area contributed by atoms with E-state index in [1.807, 2.05) is 61.8 Å². The number of nitrogen functional groups attached to an aromatic ring is 1. The van der Waals surface area contributed by atoms with Gasteiger partial charge in [0.1, 0.15) is 0 Å².